The number of anilines is 1. The van der Waals surface area contributed by atoms with Gasteiger partial charge in [0.2, 0.25) is 0 Å². The van der Waals surface area contributed by atoms with E-state index < -0.39 is 17.5 Å². The van der Waals surface area contributed by atoms with E-state index in [9.17, 15) is 14.0 Å². The van der Waals surface area contributed by atoms with E-state index in [-0.39, 0.29) is 37.3 Å². The number of halogens is 2. The molecule has 1 atom stereocenters. The maximum absolute atomic E-state index is 15.8. The van der Waals surface area contributed by atoms with E-state index in [1.165, 1.54) is 6.08 Å². The lowest BCUT2D eigenvalue weighted by atomic mass is 9.83. The number of carbonyl (C=O) groups excluding carboxylic acids is 1. The van der Waals surface area contributed by atoms with Crippen molar-refractivity contribution in [2.24, 2.45) is 4.99 Å². The summed E-state index contributed by atoms with van der Waals surface area (Å²) in [6.45, 7) is 1.74. The minimum atomic E-state index is -2.09. The highest BCUT2D eigenvalue weighted by Crippen LogP contribution is 2.40. The molecule has 1 amide bonds. The Hall–Kier alpha value is -4.01. The Morgan fingerprint density at radius 3 is 2.78 bits per heavy atom. The number of carboxylic acids is 1. The van der Waals surface area contributed by atoms with E-state index in [0.29, 0.717) is 22.7 Å². The maximum Gasteiger partial charge on any atom is 0.303 e. The fourth-order valence-electron chi connectivity index (χ4n) is 4.22. The number of guanidine groups is 1. The zero-order valence-electron chi connectivity index (χ0n) is 19.7. The third kappa shape index (κ3) is 6.56. The molecule has 7 nitrogen and oxygen atoms in total. The van der Waals surface area contributed by atoms with Gasteiger partial charge in [0.1, 0.15) is 5.83 Å². The molecule has 0 aromatic heterocycles. The van der Waals surface area contributed by atoms with Crippen LogP contribution in [0.2, 0.25) is 0 Å². The van der Waals surface area contributed by atoms with Crippen molar-refractivity contribution in [3.05, 3.63) is 88.8 Å². The molecule has 188 valence electrons. The molecule has 9 heteroatoms. The molecule has 0 saturated heterocycles. The Balaban J connectivity index is 1.40. The van der Waals surface area contributed by atoms with E-state index in [1.807, 2.05) is 6.07 Å². The minimum Gasteiger partial charge on any atom is -0.481 e. The average molecular weight is 495 g/mol. The quantitative estimate of drug-likeness (QED) is 0.430. The number of rotatable bonds is 8. The van der Waals surface area contributed by atoms with Crippen LogP contribution in [0.1, 0.15) is 47.2 Å². The van der Waals surface area contributed by atoms with Crippen molar-refractivity contribution in [2.75, 3.05) is 18.4 Å². The molecule has 1 aliphatic heterocycles. The normalized spacial score (nSPS) is 19.3. The molecule has 1 heterocycles. The van der Waals surface area contributed by atoms with Gasteiger partial charge >= 0.3 is 5.97 Å². The largest absolute Gasteiger partial charge is 0.481 e. The summed E-state index contributed by atoms with van der Waals surface area (Å²) in [5.74, 6) is -1.37. The van der Waals surface area contributed by atoms with Gasteiger partial charge in [-0.05, 0) is 54.3 Å². The molecule has 0 spiro atoms. The topological polar surface area (TPSA) is 103 Å². The first-order valence-electron chi connectivity index (χ1n) is 11.8. The number of nitrogens with zero attached hydrogens (tertiary/aromatic N) is 1. The molecule has 0 fully saturated rings. The number of amides is 1. The van der Waals surface area contributed by atoms with Crippen molar-refractivity contribution in [3.8, 4) is 0 Å². The van der Waals surface area contributed by atoms with Crippen LogP contribution in [0.4, 0.5) is 14.5 Å². The first kappa shape index (κ1) is 25.1. The van der Waals surface area contributed by atoms with Crippen molar-refractivity contribution in [1.29, 1.82) is 0 Å². The minimum absolute atomic E-state index is 0.0787. The lowest BCUT2D eigenvalue weighted by molar-refractivity contribution is -0.137. The van der Waals surface area contributed by atoms with Crippen LogP contribution in [0.15, 0.2) is 77.1 Å². The first-order valence-corrected chi connectivity index (χ1v) is 11.8. The second-order valence-corrected chi connectivity index (χ2v) is 8.86. The number of carbonyl (C=O) groups is 2. The van der Waals surface area contributed by atoms with Gasteiger partial charge in [-0.3, -0.25) is 14.6 Å². The zero-order chi connectivity index (χ0) is 25.5. The number of hydrogen-bond donors (Lipinski definition) is 4. The summed E-state index contributed by atoms with van der Waals surface area (Å²) in [5.41, 5.74) is 0.403. The van der Waals surface area contributed by atoms with Gasteiger partial charge in [-0.2, -0.15) is 0 Å². The standard InChI is InChI=1S/C27H28F2N4O3/c28-22-13-18(8-9-24(34)35)15-27(29,16-22)21-6-1-4-19(12-21)17-32-25(36)20-5-2-7-23(14-20)33-26-30-10-3-11-31-26/h1-2,4-7,12-14,16H,3,8-11,15,17H2,(H,32,36)(H,34,35)(H2,30,31,33). The summed E-state index contributed by atoms with van der Waals surface area (Å²) in [5, 5.41) is 18.1. The molecule has 1 aliphatic carbocycles. The Morgan fingerprint density at radius 2 is 2.00 bits per heavy atom. The lowest BCUT2D eigenvalue weighted by Gasteiger charge is -2.27. The molecule has 36 heavy (non-hydrogen) atoms. The highest BCUT2D eigenvalue weighted by Gasteiger charge is 2.34. The molecule has 2 aromatic rings. The number of benzene rings is 2. The van der Waals surface area contributed by atoms with Gasteiger partial charge in [-0.1, -0.05) is 35.9 Å². The van der Waals surface area contributed by atoms with E-state index in [0.717, 1.165) is 31.3 Å². The van der Waals surface area contributed by atoms with Crippen molar-refractivity contribution in [3.63, 3.8) is 0 Å². The summed E-state index contributed by atoms with van der Waals surface area (Å²) in [6, 6.07) is 13.6. The molecular formula is C27H28F2N4O3. The van der Waals surface area contributed by atoms with Crippen LogP contribution in [0.3, 0.4) is 0 Å². The number of nitrogens with one attached hydrogen (secondary N) is 3. The maximum atomic E-state index is 15.8. The van der Waals surface area contributed by atoms with Crippen LogP contribution >= 0.6 is 0 Å². The van der Waals surface area contributed by atoms with Crippen molar-refractivity contribution >= 4 is 23.5 Å². The summed E-state index contributed by atoms with van der Waals surface area (Å²) in [7, 11) is 0. The SMILES string of the molecule is O=C(O)CCC1=CC(F)=CC(F)(c2cccc(CNC(=O)c3cccc(NC4=NCCCN4)c3)c2)C1. The van der Waals surface area contributed by atoms with E-state index >= 15 is 4.39 Å². The average Bonchev–Trinajstić information content (AvgIpc) is 2.86. The highest BCUT2D eigenvalue weighted by molar-refractivity contribution is 5.98. The number of carboxylic acid groups (broad SMARTS) is 1. The predicted octanol–water partition coefficient (Wildman–Crippen LogP) is 4.59. The van der Waals surface area contributed by atoms with Gasteiger partial charge in [0.05, 0.1) is 0 Å². The molecule has 0 saturated carbocycles. The van der Waals surface area contributed by atoms with Crippen LogP contribution in [-0.4, -0.2) is 36.0 Å². The van der Waals surface area contributed by atoms with Crippen LogP contribution < -0.4 is 16.0 Å². The van der Waals surface area contributed by atoms with Gasteiger partial charge in [0.25, 0.3) is 5.91 Å². The van der Waals surface area contributed by atoms with Crippen molar-refractivity contribution in [1.82, 2.24) is 10.6 Å². The van der Waals surface area contributed by atoms with Gasteiger partial charge in [0.15, 0.2) is 11.6 Å². The predicted molar refractivity (Wildman–Crippen MR) is 134 cm³/mol. The third-order valence-corrected chi connectivity index (χ3v) is 6.00. The molecule has 2 aromatic carbocycles. The van der Waals surface area contributed by atoms with Gasteiger partial charge in [-0.15, -0.1) is 0 Å². The van der Waals surface area contributed by atoms with Crippen LogP contribution in [0.25, 0.3) is 0 Å². The molecular weight excluding hydrogens is 466 g/mol. The monoisotopic (exact) mass is 494 g/mol. The second-order valence-electron chi connectivity index (χ2n) is 8.86. The molecule has 2 aliphatic rings. The summed E-state index contributed by atoms with van der Waals surface area (Å²) < 4.78 is 30.0. The molecule has 1 unspecified atom stereocenters. The number of allylic oxidation sites excluding steroid dienone is 4. The van der Waals surface area contributed by atoms with Crippen molar-refractivity contribution < 1.29 is 23.5 Å². The molecule has 0 bridgehead atoms. The summed E-state index contributed by atoms with van der Waals surface area (Å²) >= 11 is 0. The van der Waals surface area contributed by atoms with Crippen LogP contribution in [0.5, 0.6) is 0 Å². The molecule has 0 radical (unpaired) electrons. The number of alkyl halides is 1. The Labute approximate surface area is 208 Å². The molecule has 4 N–H and O–H groups in total. The van der Waals surface area contributed by atoms with E-state index in [1.54, 1.807) is 42.5 Å². The highest BCUT2D eigenvalue weighted by atomic mass is 19.1. The first-order chi connectivity index (χ1) is 17.3. The van der Waals surface area contributed by atoms with Gasteiger partial charge < -0.3 is 21.1 Å². The third-order valence-electron chi connectivity index (χ3n) is 6.00. The summed E-state index contributed by atoms with van der Waals surface area (Å²) in [6.07, 6.45) is 2.86. The fraction of sp³-hybridized carbons (Fsp3) is 0.296. The number of aliphatic imine (C=N–C) groups is 1. The lowest BCUT2D eigenvalue weighted by Crippen LogP contribution is -2.35. The smallest absolute Gasteiger partial charge is 0.303 e. The van der Waals surface area contributed by atoms with Crippen molar-refractivity contribution in [2.45, 2.75) is 37.9 Å². The number of hydrogen-bond acceptors (Lipinski definition) is 5. The summed E-state index contributed by atoms with van der Waals surface area (Å²) in [4.78, 5) is 28.0. The van der Waals surface area contributed by atoms with E-state index in [4.69, 9.17) is 5.11 Å². The number of aliphatic carboxylic acids is 1. The Kier molecular flexibility index (Phi) is 7.77. The molecule has 4 rings (SSSR count). The van der Waals surface area contributed by atoms with Crippen LogP contribution in [0, 0.1) is 0 Å². The Morgan fingerprint density at radius 1 is 1.17 bits per heavy atom. The Bertz CT molecular complexity index is 1240. The second kappa shape index (κ2) is 11.2. The van der Waals surface area contributed by atoms with Crippen LogP contribution in [-0.2, 0) is 17.0 Å². The van der Waals surface area contributed by atoms with Gasteiger partial charge in [-0.25, -0.2) is 8.78 Å². The fourth-order valence-corrected chi connectivity index (χ4v) is 4.22. The zero-order valence-corrected chi connectivity index (χ0v) is 19.7. The van der Waals surface area contributed by atoms with E-state index in [2.05, 4.69) is 20.9 Å². The van der Waals surface area contributed by atoms with Gasteiger partial charge in [0, 0.05) is 43.7 Å².